The van der Waals surface area contributed by atoms with Gasteiger partial charge in [-0.15, -0.1) is 0 Å². The van der Waals surface area contributed by atoms with Crippen LogP contribution in [0.2, 0.25) is 5.02 Å². The van der Waals surface area contributed by atoms with Crippen LogP contribution < -0.4 is 5.69 Å². The van der Waals surface area contributed by atoms with E-state index in [1.807, 2.05) is 42.2 Å². The lowest BCUT2D eigenvalue weighted by atomic mass is 9.99. The molecule has 6 heteroatoms. The average molecular weight is 360 g/mol. The Labute approximate surface area is 152 Å². The summed E-state index contributed by atoms with van der Waals surface area (Å²) in [6, 6.07) is 9.69. The SMILES string of the molecule is Cc1cc(C)n(CC(=O)N2CCC(Cc3ccc(Cl)cc3)C2)c(=O)n1. The van der Waals surface area contributed by atoms with Gasteiger partial charge >= 0.3 is 5.69 Å². The topological polar surface area (TPSA) is 55.2 Å². The molecule has 1 fully saturated rings. The molecule has 25 heavy (non-hydrogen) atoms. The number of aromatic nitrogens is 2. The summed E-state index contributed by atoms with van der Waals surface area (Å²) in [5.41, 5.74) is 2.32. The van der Waals surface area contributed by atoms with E-state index in [0.29, 0.717) is 11.6 Å². The van der Waals surface area contributed by atoms with Crippen molar-refractivity contribution in [1.29, 1.82) is 0 Å². The Bertz CT molecular complexity index is 830. The quantitative estimate of drug-likeness (QED) is 0.843. The molecule has 1 amide bonds. The summed E-state index contributed by atoms with van der Waals surface area (Å²) in [6.07, 6.45) is 1.92. The number of rotatable bonds is 4. The number of halogens is 1. The molecular weight excluding hydrogens is 338 g/mol. The fraction of sp³-hybridized carbons (Fsp3) is 0.421. The van der Waals surface area contributed by atoms with Crippen LogP contribution in [0.3, 0.4) is 0 Å². The van der Waals surface area contributed by atoms with Crippen molar-refractivity contribution in [2.45, 2.75) is 33.2 Å². The van der Waals surface area contributed by atoms with E-state index >= 15 is 0 Å². The zero-order chi connectivity index (χ0) is 18.0. The third-order valence-corrected chi connectivity index (χ3v) is 4.97. The third kappa shape index (κ3) is 4.28. The van der Waals surface area contributed by atoms with Crippen molar-refractivity contribution in [3.8, 4) is 0 Å². The van der Waals surface area contributed by atoms with E-state index in [4.69, 9.17) is 11.6 Å². The smallest absolute Gasteiger partial charge is 0.341 e. The summed E-state index contributed by atoms with van der Waals surface area (Å²) in [5, 5.41) is 0.736. The molecular formula is C19H22ClN3O2. The predicted octanol–water partition coefficient (Wildman–Crippen LogP) is 2.60. The molecule has 132 valence electrons. The standard InChI is InChI=1S/C19H22ClN3O2/c1-13-9-14(2)23(19(25)21-13)12-18(24)22-8-7-16(11-22)10-15-3-5-17(20)6-4-15/h3-6,9,16H,7-8,10-12H2,1-2H3. The highest BCUT2D eigenvalue weighted by atomic mass is 35.5. The van der Waals surface area contributed by atoms with E-state index in [-0.39, 0.29) is 18.1 Å². The first-order chi connectivity index (χ1) is 11.9. The highest BCUT2D eigenvalue weighted by molar-refractivity contribution is 6.30. The van der Waals surface area contributed by atoms with E-state index in [1.54, 1.807) is 6.92 Å². The molecule has 1 atom stereocenters. The summed E-state index contributed by atoms with van der Waals surface area (Å²) in [7, 11) is 0. The van der Waals surface area contributed by atoms with Gasteiger partial charge in [-0.05, 0) is 56.4 Å². The number of benzene rings is 1. The van der Waals surface area contributed by atoms with Gasteiger partial charge in [0.15, 0.2) is 0 Å². The van der Waals surface area contributed by atoms with Crippen LogP contribution in [0.1, 0.15) is 23.4 Å². The largest absolute Gasteiger partial charge is 0.348 e. The normalized spacial score (nSPS) is 17.1. The van der Waals surface area contributed by atoms with Crippen molar-refractivity contribution < 1.29 is 4.79 Å². The first kappa shape index (κ1) is 17.7. The predicted molar refractivity (Wildman–Crippen MR) is 97.8 cm³/mol. The Hall–Kier alpha value is -2.14. The summed E-state index contributed by atoms with van der Waals surface area (Å²) >= 11 is 5.92. The lowest BCUT2D eigenvalue weighted by molar-refractivity contribution is -0.131. The molecule has 1 saturated heterocycles. The molecule has 0 saturated carbocycles. The van der Waals surface area contributed by atoms with Crippen molar-refractivity contribution in [2.24, 2.45) is 5.92 Å². The van der Waals surface area contributed by atoms with Crippen molar-refractivity contribution >= 4 is 17.5 Å². The van der Waals surface area contributed by atoms with Crippen LogP contribution in [0.15, 0.2) is 35.1 Å². The van der Waals surface area contributed by atoms with Crippen LogP contribution in [-0.4, -0.2) is 33.4 Å². The average Bonchev–Trinajstić information content (AvgIpc) is 3.01. The van der Waals surface area contributed by atoms with Gasteiger partial charge in [0.25, 0.3) is 0 Å². The molecule has 1 aromatic carbocycles. The third-order valence-electron chi connectivity index (χ3n) is 4.72. The van der Waals surface area contributed by atoms with E-state index < -0.39 is 0 Å². The second-order valence-electron chi connectivity index (χ2n) is 6.73. The maximum absolute atomic E-state index is 12.6. The fourth-order valence-corrected chi connectivity index (χ4v) is 3.51. The molecule has 1 aromatic heterocycles. The van der Waals surface area contributed by atoms with E-state index in [1.165, 1.54) is 10.1 Å². The molecule has 1 aliphatic rings. The minimum absolute atomic E-state index is 0.0190. The summed E-state index contributed by atoms with van der Waals surface area (Å²) in [5.74, 6) is 0.425. The number of nitrogens with zero attached hydrogens (tertiary/aromatic N) is 3. The number of hydrogen-bond donors (Lipinski definition) is 0. The first-order valence-electron chi connectivity index (χ1n) is 8.49. The molecule has 0 radical (unpaired) electrons. The summed E-state index contributed by atoms with van der Waals surface area (Å²) in [6.45, 7) is 5.14. The van der Waals surface area contributed by atoms with E-state index in [2.05, 4.69) is 4.98 Å². The van der Waals surface area contributed by atoms with Crippen LogP contribution >= 0.6 is 11.6 Å². The van der Waals surface area contributed by atoms with Gasteiger partial charge in [-0.2, -0.15) is 4.98 Å². The number of carbonyl (C=O) groups is 1. The molecule has 2 aromatic rings. The Balaban J connectivity index is 1.61. The second kappa shape index (κ2) is 7.40. The Kier molecular flexibility index (Phi) is 5.23. The van der Waals surface area contributed by atoms with Gasteiger partial charge in [-0.1, -0.05) is 23.7 Å². The van der Waals surface area contributed by atoms with Crippen LogP contribution in [0, 0.1) is 19.8 Å². The van der Waals surface area contributed by atoms with Gasteiger partial charge in [0, 0.05) is 29.5 Å². The zero-order valence-corrected chi connectivity index (χ0v) is 15.3. The van der Waals surface area contributed by atoms with Crippen LogP contribution in [-0.2, 0) is 17.8 Å². The van der Waals surface area contributed by atoms with Gasteiger partial charge in [-0.3, -0.25) is 9.36 Å². The van der Waals surface area contributed by atoms with E-state index in [9.17, 15) is 9.59 Å². The first-order valence-corrected chi connectivity index (χ1v) is 8.87. The van der Waals surface area contributed by atoms with Crippen LogP contribution in [0.5, 0.6) is 0 Å². The molecule has 0 N–H and O–H groups in total. The highest BCUT2D eigenvalue weighted by Crippen LogP contribution is 2.22. The second-order valence-corrected chi connectivity index (χ2v) is 7.17. The van der Waals surface area contributed by atoms with Crippen molar-refractivity contribution in [3.63, 3.8) is 0 Å². The van der Waals surface area contributed by atoms with E-state index in [0.717, 1.165) is 36.6 Å². The van der Waals surface area contributed by atoms with Crippen LogP contribution in [0.4, 0.5) is 0 Å². The van der Waals surface area contributed by atoms with Gasteiger partial charge < -0.3 is 4.90 Å². The van der Waals surface area contributed by atoms with Gasteiger partial charge in [0.05, 0.1) is 0 Å². The van der Waals surface area contributed by atoms with Gasteiger partial charge in [-0.25, -0.2) is 4.79 Å². The Morgan fingerprint density at radius 1 is 1.28 bits per heavy atom. The number of carbonyl (C=O) groups excluding carboxylic acids is 1. The van der Waals surface area contributed by atoms with Gasteiger partial charge in [0.1, 0.15) is 6.54 Å². The number of likely N-dealkylation sites (tertiary alicyclic amines) is 1. The fourth-order valence-electron chi connectivity index (χ4n) is 3.38. The monoisotopic (exact) mass is 359 g/mol. The maximum Gasteiger partial charge on any atom is 0.348 e. The number of amides is 1. The van der Waals surface area contributed by atoms with Gasteiger partial charge in [0.2, 0.25) is 5.91 Å². The van der Waals surface area contributed by atoms with Crippen molar-refractivity contribution in [2.75, 3.05) is 13.1 Å². The molecule has 5 nitrogen and oxygen atoms in total. The Morgan fingerprint density at radius 3 is 2.68 bits per heavy atom. The lowest BCUT2D eigenvalue weighted by Crippen LogP contribution is -2.36. The molecule has 0 bridgehead atoms. The number of hydrogen-bond acceptors (Lipinski definition) is 3. The molecule has 2 heterocycles. The van der Waals surface area contributed by atoms with Crippen molar-refractivity contribution in [3.05, 3.63) is 62.8 Å². The summed E-state index contributed by atoms with van der Waals surface area (Å²) < 4.78 is 1.45. The van der Waals surface area contributed by atoms with Crippen LogP contribution in [0.25, 0.3) is 0 Å². The maximum atomic E-state index is 12.6. The minimum Gasteiger partial charge on any atom is -0.341 e. The number of aryl methyl sites for hydroxylation is 2. The minimum atomic E-state index is -0.359. The molecule has 0 aliphatic carbocycles. The zero-order valence-electron chi connectivity index (χ0n) is 14.5. The Morgan fingerprint density at radius 2 is 2.00 bits per heavy atom. The molecule has 1 unspecified atom stereocenters. The van der Waals surface area contributed by atoms with Crippen molar-refractivity contribution in [1.82, 2.24) is 14.5 Å². The highest BCUT2D eigenvalue weighted by Gasteiger charge is 2.26. The molecule has 3 rings (SSSR count). The molecule has 0 spiro atoms. The molecule has 1 aliphatic heterocycles. The summed E-state index contributed by atoms with van der Waals surface area (Å²) in [4.78, 5) is 30.4. The lowest BCUT2D eigenvalue weighted by Gasteiger charge is -2.18.